The van der Waals surface area contributed by atoms with E-state index in [0.717, 1.165) is 59.1 Å². The summed E-state index contributed by atoms with van der Waals surface area (Å²) in [6, 6.07) is 16.1. The van der Waals surface area contributed by atoms with Gasteiger partial charge in [-0.05, 0) is 67.4 Å². The third-order valence-corrected chi connectivity index (χ3v) is 6.40. The van der Waals surface area contributed by atoms with Crippen LogP contribution in [0, 0.1) is 0 Å². The molecule has 1 unspecified atom stereocenters. The van der Waals surface area contributed by atoms with E-state index in [0.29, 0.717) is 11.7 Å². The number of unbranched alkanes of at least 4 members (excludes halogenated alkanes) is 1. The Balaban J connectivity index is 1.76. The third kappa shape index (κ3) is 4.78. The molecule has 1 atom stereocenters. The zero-order chi connectivity index (χ0) is 23.4. The van der Waals surface area contributed by atoms with Crippen molar-refractivity contribution in [2.45, 2.75) is 46.1 Å². The lowest BCUT2D eigenvalue weighted by Crippen LogP contribution is -2.46. The molecule has 0 aliphatic carbocycles. The summed E-state index contributed by atoms with van der Waals surface area (Å²) < 4.78 is 11.1. The average molecular weight is 463 g/mol. The molecule has 0 amide bonds. The number of thiocarbonyl (C=S) groups is 1. The largest absolute Gasteiger partial charge is 0.497 e. The molecule has 7 heteroatoms. The number of allylic oxidation sites excluding steroid dienone is 1. The second-order valence-electron chi connectivity index (χ2n) is 8.13. The fraction of sp³-hybridized carbons (Fsp3) is 0.346. The van der Waals surface area contributed by atoms with Crippen molar-refractivity contribution in [3.05, 3.63) is 71.2 Å². The van der Waals surface area contributed by atoms with Crippen LogP contribution in [-0.2, 0) is 6.42 Å². The molecule has 2 heterocycles. The van der Waals surface area contributed by atoms with Crippen molar-refractivity contribution < 1.29 is 9.26 Å². The minimum Gasteiger partial charge on any atom is -0.497 e. The molecule has 2 aromatic carbocycles. The van der Waals surface area contributed by atoms with Gasteiger partial charge in [-0.15, -0.1) is 0 Å². The molecular weight excluding hydrogens is 432 g/mol. The van der Waals surface area contributed by atoms with Gasteiger partial charge in [-0.2, -0.15) is 4.98 Å². The molecule has 172 valence electrons. The van der Waals surface area contributed by atoms with Gasteiger partial charge in [0.2, 0.25) is 5.82 Å². The summed E-state index contributed by atoms with van der Waals surface area (Å²) in [6.07, 6.45) is 3.13. The standard InChI is InChI=1S/C26H30N4O2S/c1-5-7-16-30-17(3)22(23(27-26(30)33)19-10-8-18(6-2)9-11-19)25-28-24(29-32-25)20-12-14-21(31-4)15-13-20/h8-15,23H,5-7,16H2,1-4H3,(H,27,33). The van der Waals surface area contributed by atoms with E-state index in [1.54, 1.807) is 7.11 Å². The number of hydrogen-bond donors (Lipinski definition) is 1. The van der Waals surface area contributed by atoms with Crippen LogP contribution in [0.15, 0.2) is 58.8 Å². The fourth-order valence-electron chi connectivity index (χ4n) is 4.03. The summed E-state index contributed by atoms with van der Waals surface area (Å²) in [6.45, 7) is 7.27. The van der Waals surface area contributed by atoms with E-state index in [9.17, 15) is 0 Å². The van der Waals surface area contributed by atoms with Crippen LogP contribution in [-0.4, -0.2) is 33.8 Å². The number of nitrogens with zero attached hydrogens (tertiary/aromatic N) is 3. The zero-order valence-corrected chi connectivity index (χ0v) is 20.4. The van der Waals surface area contributed by atoms with Gasteiger partial charge in [0.25, 0.3) is 5.89 Å². The molecule has 1 N–H and O–H groups in total. The number of hydrogen-bond acceptors (Lipinski definition) is 5. The summed E-state index contributed by atoms with van der Waals surface area (Å²) in [5.41, 5.74) is 5.28. The van der Waals surface area contributed by atoms with Gasteiger partial charge < -0.3 is 19.5 Å². The molecule has 3 aromatic rings. The molecule has 0 radical (unpaired) electrons. The normalized spacial score (nSPS) is 16.2. The Morgan fingerprint density at radius 3 is 2.45 bits per heavy atom. The summed E-state index contributed by atoms with van der Waals surface area (Å²) in [5.74, 6) is 1.83. The number of benzene rings is 2. The van der Waals surface area contributed by atoms with Gasteiger partial charge in [0.1, 0.15) is 5.75 Å². The minimum atomic E-state index is -0.162. The number of aryl methyl sites for hydroxylation is 1. The maximum atomic E-state index is 5.81. The second kappa shape index (κ2) is 10.2. The molecule has 0 spiro atoms. The molecule has 1 aliphatic rings. The Labute approximate surface area is 200 Å². The summed E-state index contributed by atoms with van der Waals surface area (Å²) >= 11 is 5.75. The summed E-state index contributed by atoms with van der Waals surface area (Å²) in [4.78, 5) is 6.91. The Morgan fingerprint density at radius 2 is 1.82 bits per heavy atom. The number of aromatic nitrogens is 2. The lowest BCUT2D eigenvalue weighted by atomic mass is 9.93. The van der Waals surface area contributed by atoms with Crippen molar-refractivity contribution in [1.29, 1.82) is 0 Å². The fourth-order valence-corrected chi connectivity index (χ4v) is 4.38. The molecule has 0 bridgehead atoms. The summed E-state index contributed by atoms with van der Waals surface area (Å²) in [5, 5.41) is 8.53. The van der Waals surface area contributed by atoms with Crippen LogP contribution >= 0.6 is 12.2 Å². The highest BCUT2D eigenvalue weighted by Crippen LogP contribution is 2.37. The topological polar surface area (TPSA) is 63.4 Å². The van der Waals surface area contributed by atoms with Gasteiger partial charge in [0.05, 0.1) is 18.7 Å². The number of nitrogens with one attached hydrogen (secondary N) is 1. The zero-order valence-electron chi connectivity index (χ0n) is 19.6. The minimum absolute atomic E-state index is 0.162. The Kier molecular flexibility index (Phi) is 7.08. The molecule has 0 fully saturated rings. The molecule has 6 nitrogen and oxygen atoms in total. The van der Waals surface area contributed by atoms with Crippen molar-refractivity contribution in [3.63, 3.8) is 0 Å². The quantitative estimate of drug-likeness (QED) is 0.426. The van der Waals surface area contributed by atoms with E-state index in [4.69, 9.17) is 26.5 Å². The van der Waals surface area contributed by atoms with Crippen LogP contribution < -0.4 is 10.1 Å². The molecular formula is C26H30N4O2S. The average Bonchev–Trinajstić information content (AvgIpc) is 3.33. The van der Waals surface area contributed by atoms with Crippen molar-refractivity contribution >= 4 is 22.9 Å². The van der Waals surface area contributed by atoms with Crippen LogP contribution in [0.1, 0.15) is 56.7 Å². The Hall–Kier alpha value is -3.19. The maximum absolute atomic E-state index is 5.81. The lowest BCUT2D eigenvalue weighted by Gasteiger charge is -2.37. The van der Waals surface area contributed by atoms with Gasteiger partial charge in [-0.3, -0.25) is 0 Å². The first-order valence-electron chi connectivity index (χ1n) is 11.4. The lowest BCUT2D eigenvalue weighted by molar-refractivity contribution is 0.395. The van der Waals surface area contributed by atoms with Crippen LogP contribution in [0.3, 0.4) is 0 Å². The van der Waals surface area contributed by atoms with E-state index < -0.39 is 0 Å². The van der Waals surface area contributed by atoms with E-state index in [2.05, 4.69) is 60.4 Å². The van der Waals surface area contributed by atoms with Crippen LogP contribution in [0.2, 0.25) is 0 Å². The van der Waals surface area contributed by atoms with E-state index in [-0.39, 0.29) is 6.04 Å². The molecule has 33 heavy (non-hydrogen) atoms. The highest BCUT2D eigenvalue weighted by molar-refractivity contribution is 7.80. The Bertz CT molecular complexity index is 1140. The van der Waals surface area contributed by atoms with Gasteiger partial charge in [-0.1, -0.05) is 49.7 Å². The van der Waals surface area contributed by atoms with Crippen LogP contribution in [0.4, 0.5) is 0 Å². The highest BCUT2D eigenvalue weighted by Gasteiger charge is 2.33. The molecule has 0 saturated heterocycles. The Morgan fingerprint density at radius 1 is 1.09 bits per heavy atom. The first kappa shape index (κ1) is 23.0. The van der Waals surface area contributed by atoms with Crippen LogP contribution in [0.5, 0.6) is 5.75 Å². The SMILES string of the molecule is CCCCN1C(=S)NC(c2ccc(CC)cc2)C(c2nc(-c3ccc(OC)cc3)no2)=C1C. The second-order valence-corrected chi connectivity index (χ2v) is 8.52. The first-order chi connectivity index (χ1) is 16.0. The monoisotopic (exact) mass is 462 g/mol. The first-order valence-corrected chi connectivity index (χ1v) is 11.8. The van der Waals surface area contributed by atoms with E-state index in [1.807, 2.05) is 24.3 Å². The van der Waals surface area contributed by atoms with Crippen molar-refractivity contribution in [2.75, 3.05) is 13.7 Å². The van der Waals surface area contributed by atoms with Gasteiger partial charge in [-0.25, -0.2) is 0 Å². The van der Waals surface area contributed by atoms with Crippen molar-refractivity contribution in [3.8, 4) is 17.1 Å². The third-order valence-electron chi connectivity index (χ3n) is 6.06. The van der Waals surface area contributed by atoms with Gasteiger partial charge in [0.15, 0.2) is 5.11 Å². The molecule has 0 saturated carbocycles. The van der Waals surface area contributed by atoms with Crippen molar-refractivity contribution in [1.82, 2.24) is 20.4 Å². The maximum Gasteiger partial charge on any atom is 0.258 e. The highest BCUT2D eigenvalue weighted by atomic mass is 32.1. The number of rotatable bonds is 8. The van der Waals surface area contributed by atoms with Gasteiger partial charge in [0, 0.05) is 17.8 Å². The number of methoxy groups -OCH3 is 1. The predicted octanol–water partition coefficient (Wildman–Crippen LogP) is 5.77. The predicted molar refractivity (Wildman–Crippen MR) is 135 cm³/mol. The summed E-state index contributed by atoms with van der Waals surface area (Å²) in [7, 11) is 1.65. The number of ether oxygens (including phenoxy) is 1. The molecule has 4 rings (SSSR count). The van der Waals surface area contributed by atoms with Gasteiger partial charge >= 0.3 is 0 Å². The van der Waals surface area contributed by atoms with Crippen LogP contribution in [0.25, 0.3) is 17.0 Å². The van der Waals surface area contributed by atoms with E-state index >= 15 is 0 Å². The smallest absolute Gasteiger partial charge is 0.258 e. The molecule has 1 aromatic heterocycles. The molecule has 1 aliphatic heterocycles. The van der Waals surface area contributed by atoms with Crippen molar-refractivity contribution in [2.24, 2.45) is 0 Å². The van der Waals surface area contributed by atoms with E-state index in [1.165, 1.54) is 5.56 Å².